The van der Waals surface area contributed by atoms with E-state index in [4.69, 9.17) is 5.73 Å². The second-order valence-corrected chi connectivity index (χ2v) is 4.43. The number of methoxy groups -OCH3 is 1. The Morgan fingerprint density at radius 3 is 2.61 bits per heavy atom. The van der Waals surface area contributed by atoms with Crippen molar-refractivity contribution in [1.82, 2.24) is 9.88 Å². The van der Waals surface area contributed by atoms with Crippen LogP contribution in [0.15, 0.2) is 12.1 Å². The number of rotatable bonds is 2. The Morgan fingerprint density at radius 2 is 2.00 bits per heavy atom. The van der Waals surface area contributed by atoms with Gasteiger partial charge < -0.3 is 20.3 Å². The molecule has 1 aromatic rings. The molecule has 6 heteroatoms. The molecule has 0 radical (unpaired) electrons. The predicted octanol–water partition coefficient (Wildman–Crippen LogP) is 0.202. The molecule has 6 nitrogen and oxygen atoms in total. The van der Waals surface area contributed by atoms with Gasteiger partial charge in [0.25, 0.3) is 0 Å². The van der Waals surface area contributed by atoms with Crippen molar-refractivity contribution in [3.63, 3.8) is 0 Å². The van der Waals surface area contributed by atoms with Crippen molar-refractivity contribution in [2.24, 2.45) is 0 Å². The van der Waals surface area contributed by atoms with Crippen LogP contribution in [0.25, 0.3) is 0 Å². The van der Waals surface area contributed by atoms with Crippen molar-refractivity contribution >= 4 is 17.5 Å². The molecule has 1 aliphatic heterocycles. The number of pyridine rings is 1. The minimum Gasteiger partial charge on any atom is -0.464 e. The average molecular weight is 250 g/mol. The number of aromatic nitrogens is 1. The Bertz CT molecular complexity index is 442. The maximum Gasteiger partial charge on any atom is 0.356 e. The fourth-order valence-electron chi connectivity index (χ4n) is 1.94. The fourth-order valence-corrected chi connectivity index (χ4v) is 1.94. The first-order valence-corrected chi connectivity index (χ1v) is 5.89. The van der Waals surface area contributed by atoms with Crippen LogP contribution in [0.4, 0.5) is 11.5 Å². The molecule has 0 aliphatic carbocycles. The number of esters is 1. The number of anilines is 2. The molecule has 1 fully saturated rings. The SMILES string of the molecule is COC(=O)c1cc(N)cc(N2CCN(C)CC2)n1. The van der Waals surface area contributed by atoms with Gasteiger partial charge in [0.05, 0.1) is 7.11 Å². The number of piperazine rings is 1. The molecule has 0 unspecified atom stereocenters. The van der Waals surface area contributed by atoms with E-state index in [0.29, 0.717) is 5.69 Å². The number of likely N-dealkylation sites (N-methyl/N-ethyl adjacent to an activating group) is 1. The molecule has 0 spiro atoms. The average Bonchev–Trinajstić information content (AvgIpc) is 2.38. The lowest BCUT2D eigenvalue weighted by Crippen LogP contribution is -2.44. The predicted molar refractivity (Wildman–Crippen MR) is 69.7 cm³/mol. The first-order chi connectivity index (χ1) is 8.60. The van der Waals surface area contributed by atoms with E-state index in [2.05, 4.69) is 26.6 Å². The summed E-state index contributed by atoms with van der Waals surface area (Å²) in [7, 11) is 3.42. The summed E-state index contributed by atoms with van der Waals surface area (Å²) in [5, 5.41) is 0. The quantitative estimate of drug-likeness (QED) is 0.756. The Labute approximate surface area is 106 Å². The normalized spacial score (nSPS) is 16.7. The third kappa shape index (κ3) is 2.70. The number of hydrogen-bond acceptors (Lipinski definition) is 6. The van der Waals surface area contributed by atoms with E-state index in [1.54, 1.807) is 6.07 Å². The lowest BCUT2D eigenvalue weighted by molar-refractivity contribution is 0.0594. The van der Waals surface area contributed by atoms with Gasteiger partial charge >= 0.3 is 5.97 Å². The van der Waals surface area contributed by atoms with E-state index in [0.717, 1.165) is 32.0 Å². The number of nitrogens with zero attached hydrogens (tertiary/aromatic N) is 3. The molecule has 0 amide bonds. The minimum atomic E-state index is -0.460. The van der Waals surface area contributed by atoms with E-state index in [1.165, 1.54) is 13.2 Å². The van der Waals surface area contributed by atoms with Gasteiger partial charge in [0, 0.05) is 37.9 Å². The van der Waals surface area contributed by atoms with Gasteiger partial charge in [-0.15, -0.1) is 0 Å². The zero-order valence-electron chi connectivity index (χ0n) is 10.7. The van der Waals surface area contributed by atoms with Crippen molar-refractivity contribution in [3.05, 3.63) is 17.8 Å². The molecule has 0 saturated carbocycles. The Hall–Kier alpha value is -1.82. The van der Waals surface area contributed by atoms with Crippen LogP contribution in [-0.4, -0.2) is 56.2 Å². The molecule has 0 bridgehead atoms. The molecule has 2 N–H and O–H groups in total. The summed E-state index contributed by atoms with van der Waals surface area (Å²) >= 11 is 0. The Kier molecular flexibility index (Phi) is 3.66. The van der Waals surface area contributed by atoms with E-state index in [-0.39, 0.29) is 5.69 Å². The van der Waals surface area contributed by atoms with Gasteiger partial charge in [0.1, 0.15) is 5.82 Å². The number of ether oxygens (including phenoxy) is 1. The molecular formula is C12H18N4O2. The Balaban J connectivity index is 2.22. The van der Waals surface area contributed by atoms with Crippen molar-refractivity contribution in [3.8, 4) is 0 Å². The first kappa shape index (κ1) is 12.6. The molecule has 0 atom stereocenters. The van der Waals surface area contributed by atoms with Gasteiger partial charge in [0.15, 0.2) is 5.69 Å². The molecule has 2 heterocycles. The number of nitrogen functional groups attached to an aromatic ring is 1. The van der Waals surface area contributed by atoms with Crippen LogP contribution >= 0.6 is 0 Å². The van der Waals surface area contributed by atoms with Gasteiger partial charge in [-0.05, 0) is 13.1 Å². The topological polar surface area (TPSA) is 71.7 Å². The van der Waals surface area contributed by atoms with E-state index >= 15 is 0 Å². The summed E-state index contributed by atoms with van der Waals surface area (Å²) in [5.41, 5.74) is 6.58. The molecule has 0 aromatic carbocycles. The monoisotopic (exact) mass is 250 g/mol. The smallest absolute Gasteiger partial charge is 0.356 e. The summed E-state index contributed by atoms with van der Waals surface area (Å²) in [6, 6.07) is 3.32. The van der Waals surface area contributed by atoms with Gasteiger partial charge in [0.2, 0.25) is 0 Å². The van der Waals surface area contributed by atoms with Gasteiger partial charge in [-0.1, -0.05) is 0 Å². The van der Waals surface area contributed by atoms with Crippen molar-refractivity contribution in [2.75, 3.05) is 51.0 Å². The van der Waals surface area contributed by atoms with Crippen LogP contribution in [0.3, 0.4) is 0 Å². The van der Waals surface area contributed by atoms with Crippen molar-refractivity contribution in [2.45, 2.75) is 0 Å². The highest BCUT2D eigenvalue weighted by atomic mass is 16.5. The third-order valence-electron chi connectivity index (χ3n) is 3.06. The van der Waals surface area contributed by atoms with Crippen molar-refractivity contribution in [1.29, 1.82) is 0 Å². The Morgan fingerprint density at radius 1 is 1.33 bits per heavy atom. The fraction of sp³-hybridized carbons (Fsp3) is 0.500. The zero-order valence-corrected chi connectivity index (χ0v) is 10.7. The molecule has 1 saturated heterocycles. The van der Waals surface area contributed by atoms with Crippen molar-refractivity contribution < 1.29 is 9.53 Å². The molecule has 1 aliphatic rings. The van der Waals surface area contributed by atoms with E-state index in [9.17, 15) is 4.79 Å². The number of nitrogens with two attached hydrogens (primary N) is 1. The highest BCUT2D eigenvalue weighted by Gasteiger charge is 2.18. The van der Waals surface area contributed by atoms with Crippen LogP contribution in [0.2, 0.25) is 0 Å². The number of carbonyl (C=O) groups excluding carboxylic acids is 1. The molecule has 1 aromatic heterocycles. The van der Waals surface area contributed by atoms with Crippen LogP contribution in [0.1, 0.15) is 10.5 Å². The van der Waals surface area contributed by atoms with Gasteiger partial charge in [-0.25, -0.2) is 9.78 Å². The summed E-state index contributed by atoms with van der Waals surface area (Å²) in [6.45, 7) is 3.72. The molecule has 2 rings (SSSR count). The van der Waals surface area contributed by atoms with Crippen LogP contribution in [0, 0.1) is 0 Å². The highest BCUT2D eigenvalue weighted by Crippen LogP contribution is 2.18. The highest BCUT2D eigenvalue weighted by molar-refractivity contribution is 5.88. The zero-order chi connectivity index (χ0) is 13.1. The number of carbonyl (C=O) groups is 1. The lowest BCUT2D eigenvalue weighted by Gasteiger charge is -2.33. The van der Waals surface area contributed by atoms with E-state index in [1.807, 2.05) is 0 Å². The third-order valence-corrected chi connectivity index (χ3v) is 3.06. The van der Waals surface area contributed by atoms with Crippen LogP contribution < -0.4 is 10.6 Å². The minimum absolute atomic E-state index is 0.256. The summed E-state index contributed by atoms with van der Waals surface area (Å²) < 4.78 is 4.67. The van der Waals surface area contributed by atoms with Gasteiger partial charge in [-0.3, -0.25) is 0 Å². The van der Waals surface area contributed by atoms with E-state index < -0.39 is 5.97 Å². The summed E-state index contributed by atoms with van der Waals surface area (Å²) in [6.07, 6.45) is 0. The maximum atomic E-state index is 11.5. The molecular weight excluding hydrogens is 232 g/mol. The summed E-state index contributed by atoms with van der Waals surface area (Å²) in [4.78, 5) is 20.2. The van der Waals surface area contributed by atoms with Crippen LogP contribution in [-0.2, 0) is 4.74 Å². The second-order valence-electron chi connectivity index (χ2n) is 4.43. The number of hydrogen-bond donors (Lipinski definition) is 1. The molecule has 18 heavy (non-hydrogen) atoms. The first-order valence-electron chi connectivity index (χ1n) is 5.89. The largest absolute Gasteiger partial charge is 0.464 e. The molecule has 98 valence electrons. The standard InChI is InChI=1S/C12H18N4O2/c1-15-3-5-16(6-4-15)11-8-9(13)7-10(14-11)12(17)18-2/h7-8H,3-6H2,1-2H3,(H2,13,14). The van der Waals surface area contributed by atoms with Crippen LogP contribution in [0.5, 0.6) is 0 Å². The lowest BCUT2D eigenvalue weighted by atomic mass is 10.2. The maximum absolute atomic E-state index is 11.5. The summed E-state index contributed by atoms with van der Waals surface area (Å²) in [5.74, 6) is 0.279. The van der Waals surface area contributed by atoms with Gasteiger partial charge in [-0.2, -0.15) is 0 Å². The second kappa shape index (κ2) is 5.22.